The molecule has 0 bridgehead atoms. The molecule has 0 aromatic carbocycles. The van der Waals surface area contributed by atoms with E-state index in [9.17, 15) is 14.7 Å². The number of fused-ring (bicyclic) bond motifs is 2. The predicted octanol–water partition coefficient (Wildman–Crippen LogP) is 3.23. The number of pyridine rings is 1. The van der Waals surface area contributed by atoms with E-state index in [2.05, 4.69) is 30.6 Å². The van der Waals surface area contributed by atoms with Crippen molar-refractivity contribution in [1.82, 2.24) is 29.3 Å². The smallest absolute Gasteiger partial charge is 0.410 e. The Balaban J connectivity index is 1.52. The summed E-state index contributed by atoms with van der Waals surface area (Å²) in [5.74, 6) is 0.262. The topological polar surface area (TPSA) is 138 Å². The number of nitrogens with zero attached hydrogens (tertiary/aromatic N) is 6. The van der Waals surface area contributed by atoms with E-state index in [0.29, 0.717) is 5.02 Å². The summed E-state index contributed by atoms with van der Waals surface area (Å²) in [5.41, 5.74) is 1.83. The number of hydrogen-bond donors (Lipinski definition) is 3. The lowest BCUT2D eigenvalue weighted by Crippen LogP contribution is -2.39. The first-order valence-corrected chi connectivity index (χ1v) is 11.8. The molecule has 0 saturated carbocycles. The molecular formula is C23H25ClN8O4. The molecule has 1 unspecified atom stereocenters. The number of methoxy groups -OCH3 is 1. The number of anilines is 2. The second kappa shape index (κ2) is 9.63. The second-order valence-electron chi connectivity index (χ2n) is 8.58. The summed E-state index contributed by atoms with van der Waals surface area (Å²) in [5, 5.41) is 19.1. The van der Waals surface area contributed by atoms with Crippen molar-refractivity contribution in [2.75, 3.05) is 30.4 Å². The molecule has 1 aliphatic rings. The third-order valence-electron chi connectivity index (χ3n) is 6.39. The highest BCUT2D eigenvalue weighted by Gasteiger charge is 2.28. The largest absolute Gasteiger partial charge is 0.465 e. The number of carboxylic acid groups (broad SMARTS) is 1. The number of ether oxygens (including phenoxy) is 1. The minimum atomic E-state index is -1.33. The van der Waals surface area contributed by atoms with Gasteiger partial charge < -0.3 is 20.1 Å². The number of piperidine rings is 1. The van der Waals surface area contributed by atoms with Gasteiger partial charge in [-0.05, 0) is 31.9 Å². The third kappa shape index (κ3) is 4.29. The molecule has 5 rings (SSSR count). The molecule has 4 aromatic heterocycles. The number of carbonyl (C=O) groups excluding carboxylic acids is 1. The molecule has 36 heavy (non-hydrogen) atoms. The van der Waals surface area contributed by atoms with Crippen molar-refractivity contribution in [3.63, 3.8) is 0 Å². The summed E-state index contributed by atoms with van der Waals surface area (Å²) in [6.45, 7) is 3.39. The van der Waals surface area contributed by atoms with Crippen molar-refractivity contribution >= 4 is 46.4 Å². The van der Waals surface area contributed by atoms with E-state index in [-0.39, 0.29) is 23.1 Å². The molecule has 188 valence electrons. The molecule has 1 fully saturated rings. The van der Waals surface area contributed by atoms with E-state index in [0.717, 1.165) is 42.8 Å². The molecule has 4 aromatic rings. The summed E-state index contributed by atoms with van der Waals surface area (Å²) in [6.07, 6.45) is 7.12. The van der Waals surface area contributed by atoms with Crippen LogP contribution in [0.4, 0.5) is 16.4 Å². The standard InChI is InChI=1S/C23H25ClN8O4/c1-13(27-21(33)18-19(28-23(34)35)29-32-7-3-6-26-20(18)32)15-10-16(24)17-11-25-12-31(17)22(15)30-8-4-14(36-2)5-9-30/h3,6-7,10-14H,4-5,8-9H2,1-2H3,(H,27,33)(H,28,29)(H,34,35). The number of nitrogens with one attached hydrogen (secondary N) is 2. The van der Waals surface area contributed by atoms with Crippen LogP contribution in [0.1, 0.15) is 41.7 Å². The van der Waals surface area contributed by atoms with Crippen LogP contribution in [0, 0.1) is 0 Å². The molecule has 1 saturated heterocycles. The molecule has 12 nitrogen and oxygen atoms in total. The van der Waals surface area contributed by atoms with Crippen molar-refractivity contribution in [3.05, 3.63) is 53.2 Å². The normalized spacial score (nSPS) is 15.4. The molecule has 5 heterocycles. The van der Waals surface area contributed by atoms with Gasteiger partial charge in [0, 0.05) is 38.2 Å². The Morgan fingerprint density at radius 3 is 2.81 bits per heavy atom. The van der Waals surface area contributed by atoms with Crippen LogP contribution in [0.3, 0.4) is 0 Å². The minimum Gasteiger partial charge on any atom is -0.465 e. The number of carbonyl (C=O) groups is 2. The zero-order chi connectivity index (χ0) is 25.4. The van der Waals surface area contributed by atoms with Crippen LogP contribution in [0.25, 0.3) is 11.2 Å². The van der Waals surface area contributed by atoms with E-state index in [4.69, 9.17) is 16.3 Å². The van der Waals surface area contributed by atoms with Crippen molar-refractivity contribution in [3.8, 4) is 0 Å². The zero-order valence-corrected chi connectivity index (χ0v) is 20.4. The average Bonchev–Trinajstić information content (AvgIpc) is 3.49. The van der Waals surface area contributed by atoms with Gasteiger partial charge in [-0.2, -0.15) is 0 Å². The van der Waals surface area contributed by atoms with Gasteiger partial charge in [0.15, 0.2) is 11.5 Å². The Bertz CT molecular complexity index is 1440. The fourth-order valence-corrected chi connectivity index (χ4v) is 4.90. The maximum absolute atomic E-state index is 13.5. The molecule has 0 spiro atoms. The van der Waals surface area contributed by atoms with Crippen LogP contribution in [-0.2, 0) is 4.74 Å². The van der Waals surface area contributed by atoms with E-state index >= 15 is 0 Å². The van der Waals surface area contributed by atoms with Crippen LogP contribution in [0.15, 0.2) is 37.1 Å². The summed E-state index contributed by atoms with van der Waals surface area (Å²) in [6, 6.07) is 2.98. The van der Waals surface area contributed by atoms with Crippen LogP contribution < -0.4 is 15.5 Å². The van der Waals surface area contributed by atoms with Crippen LogP contribution in [0.2, 0.25) is 5.02 Å². The fourth-order valence-electron chi connectivity index (χ4n) is 4.64. The molecule has 13 heteroatoms. The summed E-state index contributed by atoms with van der Waals surface area (Å²) in [4.78, 5) is 35.5. The highest BCUT2D eigenvalue weighted by molar-refractivity contribution is 6.34. The number of hydrogen-bond acceptors (Lipinski definition) is 7. The second-order valence-corrected chi connectivity index (χ2v) is 8.99. The molecular weight excluding hydrogens is 488 g/mol. The monoisotopic (exact) mass is 512 g/mol. The Hall–Kier alpha value is -3.90. The maximum atomic E-state index is 13.5. The van der Waals surface area contributed by atoms with Gasteiger partial charge in [-0.3, -0.25) is 14.5 Å². The first-order valence-electron chi connectivity index (χ1n) is 11.4. The van der Waals surface area contributed by atoms with E-state index < -0.39 is 18.0 Å². The number of halogens is 1. The predicted molar refractivity (Wildman–Crippen MR) is 133 cm³/mol. The molecule has 0 radical (unpaired) electrons. The number of imidazole rings is 1. The molecule has 3 N–H and O–H groups in total. The highest BCUT2D eigenvalue weighted by atomic mass is 35.5. The number of aromatic nitrogens is 5. The van der Waals surface area contributed by atoms with Gasteiger partial charge in [0.1, 0.15) is 17.7 Å². The Kier molecular flexibility index (Phi) is 6.37. The lowest BCUT2D eigenvalue weighted by molar-refractivity contribution is 0.0817. The quantitative estimate of drug-likeness (QED) is 0.358. The number of rotatable bonds is 6. The van der Waals surface area contributed by atoms with Gasteiger partial charge in [0.25, 0.3) is 5.91 Å². The summed E-state index contributed by atoms with van der Waals surface area (Å²) < 4.78 is 8.81. The fraction of sp³-hybridized carbons (Fsp3) is 0.348. The Labute approximate surface area is 210 Å². The van der Waals surface area contributed by atoms with Gasteiger partial charge in [-0.15, -0.1) is 5.10 Å². The van der Waals surface area contributed by atoms with Crippen molar-refractivity contribution < 1.29 is 19.4 Å². The Morgan fingerprint density at radius 1 is 1.31 bits per heavy atom. The molecule has 1 aliphatic heterocycles. The SMILES string of the molecule is COC1CCN(c2c(C(C)NC(=O)c3c(NC(=O)O)nn4cccnc34)cc(Cl)c3cncn23)CC1. The Morgan fingerprint density at radius 2 is 2.08 bits per heavy atom. The molecule has 0 aliphatic carbocycles. The van der Waals surface area contributed by atoms with Gasteiger partial charge in [0.05, 0.1) is 28.9 Å². The lowest BCUT2D eigenvalue weighted by atomic mass is 10.0. The van der Waals surface area contributed by atoms with E-state index in [1.54, 1.807) is 31.9 Å². The van der Waals surface area contributed by atoms with Crippen LogP contribution in [0.5, 0.6) is 0 Å². The van der Waals surface area contributed by atoms with Gasteiger partial charge in [-0.25, -0.2) is 19.3 Å². The molecule has 2 amide bonds. The first kappa shape index (κ1) is 23.8. The number of amides is 2. The lowest BCUT2D eigenvalue weighted by Gasteiger charge is -2.35. The minimum absolute atomic E-state index is 0.0297. The highest BCUT2D eigenvalue weighted by Crippen LogP contribution is 2.34. The molecule has 1 atom stereocenters. The maximum Gasteiger partial charge on any atom is 0.410 e. The van der Waals surface area contributed by atoms with Gasteiger partial charge in [-0.1, -0.05) is 11.6 Å². The summed E-state index contributed by atoms with van der Waals surface area (Å²) in [7, 11) is 1.72. The van der Waals surface area contributed by atoms with E-state index in [1.807, 2.05) is 17.4 Å². The van der Waals surface area contributed by atoms with Gasteiger partial charge >= 0.3 is 6.09 Å². The van der Waals surface area contributed by atoms with Crippen molar-refractivity contribution in [2.45, 2.75) is 31.9 Å². The van der Waals surface area contributed by atoms with Crippen LogP contribution >= 0.6 is 11.6 Å². The van der Waals surface area contributed by atoms with Crippen molar-refractivity contribution in [2.24, 2.45) is 0 Å². The first-order chi connectivity index (χ1) is 17.4. The van der Waals surface area contributed by atoms with Gasteiger partial charge in [0.2, 0.25) is 0 Å². The van der Waals surface area contributed by atoms with Crippen LogP contribution in [-0.4, -0.2) is 67.4 Å². The average molecular weight is 513 g/mol. The third-order valence-corrected chi connectivity index (χ3v) is 6.69. The summed E-state index contributed by atoms with van der Waals surface area (Å²) >= 11 is 6.59. The zero-order valence-electron chi connectivity index (χ0n) is 19.7. The van der Waals surface area contributed by atoms with E-state index in [1.165, 1.54) is 10.7 Å². The van der Waals surface area contributed by atoms with Crippen molar-refractivity contribution in [1.29, 1.82) is 0 Å².